The minimum atomic E-state index is -4.57. The molecule has 0 aliphatic rings. The fourth-order valence-corrected chi connectivity index (χ4v) is 1.34. The molecule has 0 heterocycles. The van der Waals surface area contributed by atoms with Crippen LogP contribution in [0.5, 0.6) is 0 Å². The number of carbonyl (C=O) groups excluding carboxylic acids is 1. The first kappa shape index (κ1) is 13.3. The van der Waals surface area contributed by atoms with Gasteiger partial charge in [-0.2, -0.15) is 13.2 Å². The van der Waals surface area contributed by atoms with Crippen LogP contribution in [0.2, 0.25) is 0 Å². The Balaban J connectivity index is 3.21. The van der Waals surface area contributed by atoms with Gasteiger partial charge in [0.25, 0.3) is 5.91 Å². The molecule has 0 spiro atoms. The molecule has 1 amide bonds. The van der Waals surface area contributed by atoms with Gasteiger partial charge in [0.05, 0.1) is 11.1 Å². The number of alkyl halides is 3. The van der Waals surface area contributed by atoms with Crippen LogP contribution in [0.3, 0.4) is 0 Å². The van der Waals surface area contributed by atoms with Crippen molar-refractivity contribution in [1.29, 1.82) is 0 Å². The molecule has 0 saturated carbocycles. The molecule has 0 saturated heterocycles. The number of anilines is 1. The van der Waals surface area contributed by atoms with Gasteiger partial charge >= 0.3 is 6.18 Å². The molecule has 0 fully saturated rings. The first-order valence-corrected chi connectivity index (χ1v) is 4.99. The predicted molar refractivity (Wildman–Crippen MR) is 58.5 cm³/mol. The number of carbonyl (C=O) groups is 1. The SMILES string of the molecule is CC(C)NC(=O)c1cc(N)ccc1C(F)(F)F. The summed E-state index contributed by atoms with van der Waals surface area (Å²) in [6, 6.07) is 2.71. The van der Waals surface area contributed by atoms with Crippen LogP contribution in [-0.4, -0.2) is 11.9 Å². The lowest BCUT2D eigenvalue weighted by atomic mass is 10.1. The van der Waals surface area contributed by atoms with E-state index in [1.165, 1.54) is 0 Å². The molecular formula is C11H13F3N2O. The van der Waals surface area contributed by atoms with Gasteiger partial charge in [-0.1, -0.05) is 0 Å². The minimum Gasteiger partial charge on any atom is -0.399 e. The normalized spacial score (nSPS) is 11.6. The summed E-state index contributed by atoms with van der Waals surface area (Å²) in [7, 11) is 0. The van der Waals surface area contributed by atoms with E-state index in [4.69, 9.17) is 5.73 Å². The third-order valence-corrected chi connectivity index (χ3v) is 2.01. The maximum atomic E-state index is 12.7. The molecule has 0 atom stereocenters. The van der Waals surface area contributed by atoms with Crippen LogP contribution in [0.4, 0.5) is 18.9 Å². The number of nitrogens with one attached hydrogen (secondary N) is 1. The van der Waals surface area contributed by atoms with Crippen LogP contribution in [0, 0.1) is 0 Å². The van der Waals surface area contributed by atoms with Gasteiger partial charge in [-0.25, -0.2) is 0 Å². The molecule has 0 radical (unpaired) electrons. The lowest BCUT2D eigenvalue weighted by Crippen LogP contribution is -2.31. The van der Waals surface area contributed by atoms with Crippen LogP contribution in [0.25, 0.3) is 0 Å². The van der Waals surface area contributed by atoms with Crippen molar-refractivity contribution in [3.8, 4) is 0 Å². The molecule has 0 aliphatic carbocycles. The van der Waals surface area contributed by atoms with Gasteiger partial charge in [0.1, 0.15) is 0 Å². The van der Waals surface area contributed by atoms with E-state index in [2.05, 4.69) is 5.32 Å². The van der Waals surface area contributed by atoms with Crippen molar-refractivity contribution >= 4 is 11.6 Å². The van der Waals surface area contributed by atoms with E-state index in [1.54, 1.807) is 13.8 Å². The molecule has 1 aromatic rings. The van der Waals surface area contributed by atoms with E-state index >= 15 is 0 Å². The van der Waals surface area contributed by atoms with Crippen molar-refractivity contribution in [2.24, 2.45) is 0 Å². The highest BCUT2D eigenvalue weighted by Crippen LogP contribution is 2.32. The molecule has 3 N–H and O–H groups in total. The molecule has 0 aromatic heterocycles. The average molecular weight is 246 g/mol. The lowest BCUT2D eigenvalue weighted by molar-refractivity contribution is -0.137. The summed E-state index contributed by atoms with van der Waals surface area (Å²) in [5, 5.41) is 2.40. The number of hydrogen-bond donors (Lipinski definition) is 2. The monoisotopic (exact) mass is 246 g/mol. The van der Waals surface area contributed by atoms with Crippen LogP contribution < -0.4 is 11.1 Å². The Kier molecular flexibility index (Phi) is 3.65. The van der Waals surface area contributed by atoms with Crippen molar-refractivity contribution in [1.82, 2.24) is 5.32 Å². The Morgan fingerprint density at radius 1 is 1.35 bits per heavy atom. The van der Waals surface area contributed by atoms with E-state index in [9.17, 15) is 18.0 Å². The van der Waals surface area contributed by atoms with Crippen molar-refractivity contribution in [3.63, 3.8) is 0 Å². The molecule has 17 heavy (non-hydrogen) atoms. The highest BCUT2D eigenvalue weighted by Gasteiger charge is 2.35. The molecule has 94 valence electrons. The highest BCUT2D eigenvalue weighted by atomic mass is 19.4. The summed E-state index contributed by atoms with van der Waals surface area (Å²) >= 11 is 0. The topological polar surface area (TPSA) is 55.1 Å². The number of benzene rings is 1. The minimum absolute atomic E-state index is 0.118. The van der Waals surface area contributed by atoms with Gasteiger partial charge in [-0.05, 0) is 32.0 Å². The van der Waals surface area contributed by atoms with E-state index in [-0.39, 0.29) is 11.7 Å². The highest BCUT2D eigenvalue weighted by molar-refractivity contribution is 5.96. The molecule has 0 unspecified atom stereocenters. The molecule has 1 rings (SSSR count). The van der Waals surface area contributed by atoms with Gasteiger partial charge < -0.3 is 11.1 Å². The predicted octanol–water partition coefficient (Wildman–Crippen LogP) is 2.43. The zero-order chi connectivity index (χ0) is 13.2. The largest absolute Gasteiger partial charge is 0.417 e. The number of amides is 1. The first-order chi connectivity index (χ1) is 7.71. The fourth-order valence-electron chi connectivity index (χ4n) is 1.34. The Labute approximate surface area is 96.8 Å². The maximum absolute atomic E-state index is 12.7. The smallest absolute Gasteiger partial charge is 0.399 e. The van der Waals surface area contributed by atoms with E-state index < -0.39 is 23.2 Å². The summed E-state index contributed by atoms with van der Waals surface area (Å²) in [4.78, 5) is 11.6. The third-order valence-electron chi connectivity index (χ3n) is 2.01. The van der Waals surface area contributed by atoms with Crippen molar-refractivity contribution in [2.75, 3.05) is 5.73 Å². The summed E-state index contributed by atoms with van der Waals surface area (Å²) in [6.07, 6.45) is -4.57. The summed E-state index contributed by atoms with van der Waals surface area (Å²) in [5.41, 5.74) is 4.08. The average Bonchev–Trinajstić information content (AvgIpc) is 2.14. The van der Waals surface area contributed by atoms with Crippen LogP contribution in [-0.2, 0) is 6.18 Å². The van der Waals surface area contributed by atoms with Crippen LogP contribution >= 0.6 is 0 Å². The standard InChI is InChI=1S/C11H13F3N2O/c1-6(2)16-10(17)8-5-7(15)3-4-9(8)11(12,13)14/h3-6H,15H2,1-2H3,(H,16,17). The Morgan fingerprint density at radius 2 is 1.94 bits per heavy atom. The van der Waals surface area contributed by atoms with Gasteiger partial charge in [0.2, 0.25) is 0 Å². The van der Waals surface area contributed by atoms with Crippen LogP contribution in [0.1, 0.15) is 29.8 Å². The zero-order valence-corrected chi connectivity index (χ0v) is 9.43. The first-order valence-electron chi connectivity index (χ1n) is 4.99. The fraction of sp³-hybridized carbons (Fsp3) is 0.364. The number of rotatable bonds is 2. The van der Waals surface area contributed by atoms with Gasteiger partial charge in [0.15, 0.2) is 0 Å². The molecule has 0 bridgehead atoms. The Bertz CT molecular complexity index is 427. The zero-order valence-electron chi connectivity index (χ0n) is 9.43. The van der Waals surface area contributed by atoms with Crippen molar-refractivity contribution in [2.45, 2.75) is 26.1 Å². The Hall–Kier alpha value is -1.72. The number of nitrogen functional groups attached to an aromatic ring is 1. The van der Waals surface area contributed by atoms with E-state index in [0.717, 1.165) is 18.2 Å². The molecule has 1 aromatic carbocycles. The Morgan fingerprint density at radius 3 is 2.41 bits per heavy atom. The third kappa shape index (κ3) is 3.37. The quantitative estimate of drug-likeness (QED) is 0.787. The second-order valence-electron chi connectivity index (χ2n) is 3.93. The van der Waals surface area contributed by atoms with E-state index in [1.807, 2.05) is 0 Å². The van der Waals surface area contributed by atoms with Crippen molar-refractivity contribution < 1.29 is 18.0 Å². The summed E-state index contributed by atoms with van der Waals surface area (Å²) in [5.74, 6) is -0.778. The molecule has 0 aliphatic heterocycles. The van der Waals surface area contributed by atoms with Gasteiger partial charge in [-0.3, -0.25) is 4.79 Å². The molecule has 6 heteroatoms. The maximum Gasteiger partial charge on any atom is 0.417 e. The van der Waals surface area contributed by atoms with E-state index in [0.29, 0.717) is 0 Å². The van der Waals surface area contributed by atoms with Gasteiger partial charge in [-0.15, -0.1) is 0 Å². The second-order valence-corrected chi connectivity index (χ2v) is 3.93. The summed E-state index contributed by atoms with van der Waals surface area (Å²) in [6.45, 7) is 3.33. The van der Waals surface area contributed by atoms with Crippen LogP contribution in [0.15, 0.2) is 18.2 Å². The number of nitrogens with two attached hydrogens (primary N) is 1. The second kappa shape index (κ2) is 4.65. The molecular weight excluding hydrogens is 233 g/mol. The van der Waals surface area contributed by atoms with Crippen molar-refractivity contribution in [3.05, 3.63) is 29.3 Å². The number of halogens is 3. The summed E-state index contributed by atoms with van der Waals surface area (Å²) < 4.78 is 38.0. The molecule has 3 nitrogen and oxygen atoms in total. The lowest BCUT2D eigenvalue weighted by Gasteiger charge is -2.14. The number of hydrogen-bond acceptors (Lipinski definition) is 2. The van der Waals surface area contributed by atoms with Gasteiger partial charge in [0, 0.05) is 11.7 Å².